The topological polar surface area (TPSA) is 58.1 Å². The number of carbonyl (C=O) groups is 1. The van der Waals surface area contributed by atoms with Gasteiger partial charge in [0.05, 0.1) is 12.0 Å². The van der Waals surface area contributed by atoms with Gasteiger partial charge in [-0.2, -0.15) is 0 Å². The van der Waals surface area contributed by atoms with Crippen LogP contribution in [0.1, 0.15) is 23.4 Å². The van der Waals surface area contributed by atoms with Crippen LogP contribution < -0.4 is 5.32 Å². The molecule has 1 spiro atoms. The van der Waals surface area contributed by atoms with Crippen molar-refractivity contribution < 1.29 is 13.6 Å². The van der Waals surface area contributed by atoms with Crippen LogP contribution in [0.25, 0.3) is 0 Å². The number of hydrogen-bond donors (Lipinski definition) is 1. The maximum atomic E-state index is 13.0. The average Bonchev–Trinajstić information content (AvgIpc) is 2.73. The molecule has 1 aromatic rings. The van der Waals surface area contributed by atoms with Gasteiger partial charge in [-0.15, -0.1) is 10.2 Å². The first kappa shape index (κ1) is 12.7. The molecule has 19 heavy (non-hydrogen) atoms. The van der Waals surface area contributed by atoms with E-state index in [1.165, 1.54) is 16.2 Å². The lowest BCUT2D eigenvalue weighted by Crippen LogP contribution is -2.56. The summed E-state index contributed by atoms with van der Waals surface area (Å²) >= 11 is 1.45. The van der Waals surface area contributed by atoms with E-state index in [9.17, 15) is 13.6 Å². The minimum absolute atomic E-state index is 0.0833. The van der Waals surface area contributed by atoms with Crippen LogP contribution in [-0.4, -0.2) is 40.1 Å². The van der Waals surface area contributed by atoms with E-state index in [-0.39, 0.29) is 25.5 Å². The number of amides is 2. The number of likely N-dealkylation sites (tertiary alicyclic amines) is 1. The molecule has 3 rings (SSSR count). The van der Waals surface area contributed by atoms with Gasteiger partial charge in [-0.3, -0.25) is 0 Å². The van der Waals surface area contributed by atoms with Gasteiger partial charge in [0.1, 0.15) is 10.0 Å². The third kappa shape index (κ3) is 2.07. The second-order valence-electron chi connectivity index (χ2n) is 5.12. The summed E-state index contributed by atoms with van der Waals surface area (Å²) in [4.78, 5) is 13.1. The molecular weight excluding hydrogens is 274 g/mol. The van der Waals surface area contributed by atoms with E-state index in [4.69, 9.17) is 0 Å². The summed E-state index contributed by atoms with van der Waals surface area (Å²) in [5.41, 5.74) is -0.914. The number of halogens is 2. The van der Waals surface area contributed by atoms with Gasteiger partial charge in [0.2, 0.25) is 0 Å². The summed E-state index contributed by atoms with van der Waals surface area (Å²) in [6, 6.07) is -0.304. The van der Waals surface area contributed by atoms with Gasteiger partial charge in [0, 0.05) is 19.5 Å². The largest absolute Gasteiger partial charge is 0.331 e. The molecule has 8 heteroatoms. The van der Waals surface area contributed by atoms with Crippen molar-refractivity contribution in [3.05, 3.63) is 10.0 Å². The molecule has 1 aliphatic carbocycles. The van der Waals surface area contributed by atoms with Crippen molar-refractivity contribution in [2.75, 3.05) is 13.1 Å². The van der Waals surface area contributed by atoms with Crippen molar-refractivity contribution in [1.82, 2.24) is 20.4 Å². The van der Waals surface area contributed by atoms with E-state index in [0.717, 1.165) is 16.4 Å². The second-order valence-corrected chi connectivity index (χ2v) is 6.27. The highest BCUT2D eigenvalue weighted by atomic mass is 32.1. The zero-order valence-electron chi connectivity index (χ0n) is 10.4. The van der Waals surface area contributed by atoms with Gasteiger partial charge in [0.15, 0.2) is 0 Å². The summed E-state index contributed by atoms with van der Waals surface area (Å²) < 4.78 is 26.0. The molecular formula is C11H14F2N4OS. The van der Waals surface area contributed by atoms with Crippen LogP contribution in [0.2, 0.25) is 0 Å². The van der Waals surface area contributed by atoms with Gasteiger partial charge in [-0.05, 0) is 6.42 Å². The molecule has 0 aromatic carbocycles. The Kier molecular flexibility index (Phi) is 2.74. The van der Waals surface area contributed by atoms with Crippen molar-refractivity contribution in [2.24, 2.45) is 5.41 Å². The van der Waals surface area contributed by atoms with Gasteiger partial charge in [0.25, 0.3) is 5.92 Å². The minimum Gasteiger partial charge on any atom is -0.331 e. The van der Waals surface area contributed by atoms with Gasteiger partial charge in [-0.1, -0.05) is 18.3 Å². The fraction of sp³-hybridized carbons (Fsp3) is 0.727. The molecule has 2 aliphatic rings. The van der Waals surface area contributed by atoms with Crippen molar-refractivity contribution >= 4 is 17.4 Å². The highest BCUT2D eigenvalue weighted by Gasteiger charge is 2.76. The number of rotatable bonds is 3. The number of nitrogens with zero attached hydrogens (tertiary/aromatic N) is 3. The molecule has 1 saturated heterocycles. The molecule has 0 atom stereocenters. The molecule has 104 valence electrons. The fourth-order valence-corrected chi connectivity index (χ4v) is 3.04. The molecule has 0 bridgehead atoms. The molecule has 1 aliphatic heterocycles. The Morgan fingerprint density at radius 3 is 2.58 bits per heavy atom. The van der Waals surface area contributed by atoms with Crippen molar-refractivity contribution in [3.63, 3.8) is 0 Å². The lowest BCUT2D eigenvalue weighted by molar-refractivity contribution is -0.00511. The zero-order valence-corrected chi connectivity index (χ0v) is 11.3. The van der Waals surface area contributed by atoms with Crippen LogP contribution in [0.5, 0.6) is 0 Å². The first-order valence-electron chi connectivity index (χ1n) is 6.18. The Bertz CT molecular complexity index is 513. The van der Waals surface area contributed by atoms with Crippen molar-refractivity contribution in [2.45, 2.75) is 32.2 Å². The van der Waals surface area contributed by atoms with E-state index < -0.39 is 11.3 Å². The summed E-state index contributed by atoms with van der Waals surface area (Å²) in [5.74, 6) is -2.57. The number of alkyl halides is 2. The van der Waals surface area contributed by atoms with Gasteiger partial charge in [-0.25, -0.2) is 13.6 Å². The Balaban J connectivity index is 1.46. The standard InChI is InChI=1S/C11H14F2N4OS/c1-2-7-15-16-8(19-7)3-14-9(18)17-5-10(6-17)4-11(10,12)13/h2-6H2,1H3,(H,14,18). The number of hydrogen-bond acceptors (Lipinski definition) is 4. The number of nitrogens with one attached hydrogen (secondary N) is 1. The Morgan fingerprint density at radius 2 is 2.05 bits per heavy atom. The SMILES string of the molecule is CCc1nnc(CNC(=O)N2CC3(C2)CC3(F)F)s1. The van der Waals surface area contributed by atoms with E-state index in [2.05, 4.69) is 15.5 Å². The highest BCUT2D eigenvalue weighted by Crippen LogP contribution is 2.65. The van der Waals surface area contributed by atoms with Crippen LogP contribution in [0.15, 0.2) is 0 Å². The van der Waals surface area contributed by atoms with E-state index in [1.807, 2.05) is 6.92 Å². The number of carbonyl (C=O) groups excluding carboxylic acids is 1. The van der Waals surface area contributed by atoms with E-state index >= 15 is 0 Å². The summed E-state index contributed by atoms with van der Waals surface area (Å²) in [6.45, 7) is 2.60. The van der Waals surface area contributed by atoms with Crippen LogP contribution >= 0.6 is 11.3 Å². The van der Waals surface area contributed by atoms with Crippen LogP contribution in [0, 0.1) is 5.41 Å². The molecule has 2 heterocycles. The van der Waals surface area contributed by atoms with E-state index in [1.54, 1.807) is 0 Å². The van der Waals surface area contributed by atoms with Gasteiger partial charge < -0.3 is 10.2 Å². The molecule has 2 amide bonds. The summed E-state index contributed by atoms with van der Waals surface area (Å²) in [6.07, 6.45) is 0.732. The average molecular weight is 288 g/mol. The monoisotopic (exact) mass is 288 g/mol. The zero-order chi connectivity index (χ0) is 13.7. The number of aromatic nitrogens is 2. The second kappa shape index (κ2) is 4.09. The predicted octanol–water partition coefficient (Wildman–Crippen LogP) is 1.65. The molecule has 2 fully saturated rings. The smallest absolute Gasteiger partial charge is 0.317 e. The van der Waals surface area contributed by atoms with Crippen LogP contribution in [0.4, 0.5) is 13.6 Å². The third-order valence-corrected chi connectivity index (χ3v) is 4.76. The highest BCUT2D eigenvalue weighted by molar-refractivity contribution is 7.11. The maximum Gasteiger partial charge on any atom is 0.317 e. The predicted molar refractivity (Wildman–Crippen MR) is 65.1 cm³/mol. The minimum atomic E-state index is -2.57. The lowest BCUT2D eigenvalue weighted by atomic mass is 9.96. The molecule has 0 radical (unpaired) electrons. The first-order valence-corrected chi connectivity index (χ1v) is 6.99. The molecule has 1 N–H and O–H groups in total. The summed E-state index contributed by atoms with van der Waals surface area (Å²) in [7, 11) is 0. The van der Waals surface area contributed by atoms with Gasteiger partial charge >= 0.3 is 6.03 Å². The Morgan fingerprint density at radius 1 is 1.42 bits per heavy atom. The first-order chi connectivity index (χ1) is 8.96. The van der Waals surface area contributed by atoms with Crippen LogP contribution in [-0.2, 0) is 13.0 Å². The van der Waals surface area contributed by atoms with Crippen molar-refractivity contribution in [3.8, 4) is 0 Å². The molecule has 0 unspecified atom stereocenters. The Labute approximate surface area is 113 Å². The number of aryl methyl sites for hydroxylation is 1. The maximum absolute atomic E-state index is 13.0. The quantitative estimate of drug-likeness (QED) is 0.920. The third-order valence-electron chi connectivity index (χ3n) is 3.69. The molecule has 1 saturated carbocycles. The normalized spacial score (nSPS) is 22.2. The fourth-order valence-electron chi connectivity index (χ4n) is 2.32. The van der Waals surface area contributed by atoms with E-state index in [0.29, 0.717) is 6.54 Å². The number of urea groups is 1. The lowest BCUT2D eigenvalue weighted by Gasteiger charge is -2.39. The molecule has 5 nitrogen and oxygen atoms in total. The molecule has 1 aromatic heterocycles. The summed E-state index contributed by atoms with van der Waals surface area (Å²) in [5, 5.41) is 12.2. The Hall–Kier alpha value is -1.31. The van der Waals surface area contributed by atoms with Crippen LogP contribution in [0.3, 0.4) is 0 Å². The van der Waals surface area contributed by atoms with Crippen molar-refractivity contribution in [1.29, 1.82) is 0 Å².